The van der Waals surface area contributed by atoms with Crippen molar-refractivity contribution in [3.05, 3.63) is 12.7 Å². The van der Waals surface area contributed by atoms with Gasteiger partial charge in [0, 0.05) is 56.7 Å². The number of carbonyl (C=O) groups excluding carboxylic acids is 5. The van der Waals surface area contributed by atoms with Crippen LogP contribution in [0.15, 0.2) is 12.7 Å². The Kier molecular flexibility index (Phi) is 10.5. The summed E-state index contributed by atoms with van der Waals surface area (Å²) >= 11 is 0. The number of nitrogens with one attached hydrogen (secondary N) is 1. The minimum atomic E-state index is -3.81. The van der Waals surface area contributed by atoms with Crippen LogP contribution in [0.2, 0.25) is 0 Å². The van der Waals surface area contributed by atoms with Crippen LogP contribution in [0.4, 0.5) is 0 Å². The number of morpholine rings is 1. The highest BCUT2D eigenvalue weighted by molar-refractivity contribution is 7.90. The van der Waals surface area contributed by atoms with Gasteiger partial charge in [-0.1, -0.05) is 67.9 Å². The van der Waals surface area contributed by atoms with Crippen LogP contribution in [-0.4, -0.2) is 91.6 Å². The van der Waals surface area contributed by atoms with Crippen molar-refractivity contribution in [2.24, 2.45) is 50.2 Å². The van der Waals surface area contributed by atoms with E-state index < -0.39 is 44.0 Å². The maximum atomic E-state index is 15.0. The van der Waals surface area contributed by atoms with Gasteiger partial charge in [0.25, 0.3) is 0 Å². The van der Waals surface area contributed by atoms with E-state index in [0.717, 1.165) is 19.3 Å². The van der Waals surface area contributed by atoms with Crippen LogP contribution in [0.25, 0.3) is 0 Å². The van der Waals surface area contributed by atoms with Crippen LogP contribution < -0.4 is 4.72 Å². The minimum absolute atomic E-state index is 0.00348. The summed E-state index contributed by atoms with van der Waals surface area (Å²) in [7, 11) is -3.81. The molecular formula is C42H65N3O8S. The number of ether oxygens (including phenoxy) is 1. The number of likely N-dealkylation sites (tertiary alicyclic amines) is 1. The molecule has 0 bridgehead atoms. The highest BCUT2D eigenvalue weighted by Gasteiger charge is 2.85. The lowest BCUT2D eigenvalue weighted by Gasteiger charge is -2.36. The number of rotatable bonds is 14. The van der Waals surface area contributed by atoms with Crippen molar-refractivity contribution in [3.63, 3.8) is 0 Å². The zero-order valence-electron chi connectivity index (χ0n) is 34.1. The second-order valence-electron chi connectivity index (χ2n) is 20.5. The first-order chi connectivity index (χ1) is 25.0. The zero-order chi connectivity index (χ0) is 39.9. The van der Waals surface area contributed by atoms with Crippen molar-refractivity contribution < 1.29 is 37.1 Å². The van der Waals surface area contributed by atoms with Crippen LogP contribution in [-0.2, 0) is 38.7 Å². The number of Topliss-reactive ketones (excluding diaryl/α,β-unsaturated/α-hetero) is 2. The molecule has 0 aromatic carbocycles. The summed E-state index contributed by atoms with van der Waals surface area (Å²) < 4.78 is 33.3. The molecule has 6 fully saturated rings. The number of amides is 3. The van der Waals surface area contributed by atoms with Gasteiger partial charge in [0.2, 0.25) is 27.7 Å². The third-order valence-electron chi connectivity index (χ3n) is 15.3. The number of nitrogens with zero attached hydrogens (tertiary/aromatic N) is 2. The van der Waals surface area contributed by atoms with Gasteiger partial charge in [0.15, 0.2) is 5.78 Å². The van der Waals surface area contributed by atoms with E-state index in [1.165, 1.54) is 0 Å². The first-order valence-electron chi connectivity index (χ1n) is 20.4. The predicted molar refractivity (Wildman–Crippen MR) is 205 cm³/mol. The van der Waals surface area contributed by atoms with Gasteiger partial charge >= 0.3 is 0 Å². The van der Waals surface area contributed by atoms with Crippen molar-refractivity contribution >= 4 is 39.3 Å². The quantitative estimate of drug-likeness (QED) is 0.229. The molecule has 1 N–H and O–H groups in total. The van der Waals surface area contributed by atoms with Crippen molar-refractivity contribution in [2.45, 2.75) is 137 Å². The minimum Gasteiger partial charge on any atom is -0.378 e. The second kappa shape index (κ2) is 13.8. The number of sulfonamides is 1. The Hall–Kier alpha value is -2.60. The lowest BCUT2D eigenvalue weighted by atomic mass is 9.72. The highest BCUT2D eigenvalue weighted by atomic mass is 32.2. The fourth-order valence-electron chi connectivity index (χ4n) is 10.8. The average molecular weight is 772 g/mol. The standard InChI is InChI=1S/C42H65N3O8S/c1-10-27-23-40(27,36(50)43-54(51,52)30-12-13-30)25-33(47)32-24-42(39(8,9)41(42)14-11-15-41)26-45(32)35(49)31(38(5,6)7)22-29(46)20-28(37(2,3)4)21-34(48)44-16-18-53-19-17-44/h10,27-28,30-32H,1,11-26H2,2-9H3,(H,43,50)/t27-,28-,31-,32+,40-,42-/m1/s1. The van der Waals surface area contributed by atoms with Crippen LogP contribution in [0, 0.1) is 50.2 Å². The van der Waals surface area contributed by atoms with Gasteiger partial charge in [-0.05, 0) is 72.0 Å². The molecule has 2 heterocycles. The summed E-state index contributed by atoms with van der Waals surface area (Å²) in [5, 5.41) is -0.574. The van der Waals surface area contributed by atoms with Crippen LogP contribution in [0.3, 0.4) is 0 Å². The molecule has 6 atom stereocenters. The van der Waals surface area contributed by atoms with Gasteiger partial charge < -0.3 is 14.5 Å². The topological polar surface area (TPSA) is 147 Å². The van der Waals surface area contributed by atoms with E-state index in [-0.39, 0.29) is 82.6 Å². The molecule has 0 radical (unpaired) electrons. The second-order valence-corrected chi connectivity index (χ2v) is 22.4. The first-order valence-corrected chi connectivity index (χ1v) is 21.9. The lowest BCUT2D eigenvalue weighted by molar-refractivity contribution is -0.146. The molecule has 0 aromatic rings. The number of allylic oxidation sites excluding steroid dienone is 1. The Morgan fingerprint density at radius 2 is 1.54 bits per heavy atom. The van der Waals surface area contributed by atoms with Gasteiger partial charge in [0.1, 0.15) is 5.78 Å². The fraction of sp³-hybridized carbons (Fsp3) is 0.833. The first kappa shape index (κ1) is 41.0. The molecule has 3 amide bonds. The van der Waals surface area contributed by atoms with Gasteiger partial charge in [-0.25, -0.2) is 8.42 Å². The Labute approximate surface area is 323 Å². The molecule has 2 spiro atoms. The summed E-state index contributed by atoms with van der Waals surface area (Å²) in [5.74, 6) is -2.41. The maximum absolute atomic E-state index is 15.0. The third kappa shape index (κ3) is 7.02. The van der Waals surface area contributed by atoms with E-state index >= 15 is 4.79 Å². The Balaban J connectivity index is 1.23. The van der Waals surface area contributed by atoms with Crippen molar-refractivity contribution in [2.75, 3.05) is 32.8 Å². The molecule has 4 saturated carbocycles. The molecular weight excluding hydrogens is 707 g/mol. The summed E-state index contributed by atoms with van der Waals surface area (Å²) in [6, 6.07) is -0.777. The van der Waals surface area contributed by atoms with Crippen molar-refractivity contribution in [3.8, 4) is 0 Å². The van der Waals surface area contributed by atoms with Gasteiger partial charge in [0.05, 0.1) is 29.9 Å². The van der Waals surface area contributed by atoms with Crippen LogP contribution in [0.1, 0.15) is 126 Å². The molecule has 0 unspecified atom stereocenters. The number of fused-ring (bicyclic) bond motifs is 1. The molecule has 6 rings (SSSR count). The summed E-state index contributed by atoms with van der Waals surface area (Å²) in [6.07, 6.45) is 6.94. The van der Waals surface area contributed by atoms with Crippen LogP contribution >= 0.6 is 0 Å². The van der Waals surface area contributed by atoms with E-state index in [4.69, 9.17) is 4.74 Å². The normalized spacial score (nSPS) is 31.0. The summed E-state index contributed by atoms with van der Waals surface area (Å²) in [6.45, 7) is 22.9. The molecule has 12 heteroatoms. The van der Waals surface area contributed by atoms with E-state index in [9.17, 15) is 27.6 Å². The smallest absolute Gasteiger partial charge is 0.240 e. The Bertz CT molecular complexity index is 1680. The Morgan fingerprint density at radius 3 is 2.02 bits per heavy atom. The fourth-order valence-corrected chi connectivity index (χ4v) is 12.2. The average Bonchev–Trinajstić information content (AvgIpc) is 4.00. The van der Waals surface area contributed by atoms with E-state index in [2.05, 4.69) is 25.1 Å². The molecule has 0 aromatic heterocycles. The van der Waals surface area contributed by atoms with E-state index in [0.29, 0.717) is 58.5 Å². The number of hydrogen-bond donors (Lipinski definition) is 1. The predicted octanol–water partition coefficient (Wildman–Crippen LogP) is 5.47. The highest BCUT2D eigenvalue weighted by Crippen LogP contribution is 2.88. The lowest BCUT2D eigenvalue weighted by Crippen LogP contribution is -2.48. The van der Waals surface area contributed by atoms with E-state index in [1.807, 2.05) is 46.4 Å². The van der Waals surface area contributed by atoms with Gasteiger partial charge in [-0.3, -0.25) is 28.7 Å². The third-order valence-corrected chi connectivity index (χ3v) is 17.1. The molecule has 302 valence electrons. The largest absolute Gasteiger partial charge is 0.378 e. The molecule has 54 heavy (non-hydrogen) atoms. The monoisotopic (exact) mass is 771 g/mol. The van der Waals surface area contributed by atoms with Gasteiger partial charge in [-0.15, -0.1) is 6.58 Å². The molecule has 11 nitrogen and oxygen atoms in total. The van der Waals surface area contributed by atoms with Crippen molar-refractivity contribution in [1.82, 2.24) is 14.5 Å². The van der Waals surface area contributed by atoms with E-state index in [1.54, 1.807) is 11.0 Å². The molecule has 4 aliphatic carbocycles. The SMILES string of the molecule is C=C[C@@H]1C[C@]1(CC(=O)[C@@H]1C[C@@]2(CN1C(=O)[C@@H](CC(=O)C[C@H](CC(=O)N1CCOCC1)C(C)(C)C)C(C)(C)C)C(C)(C)C21CCC1)C(=O)NS(=O)(=O)C1CC1. The molecule has 6 aliphatic rings. The molecule has 2 saturated heterocycles. The summed E-state index contributed by atoms with van der Waals surface area (Å²) in [4.78, 5) is 74.3. The maximum Gasteiger partial charge on any atom is 0.240 e. The van der Waals surface area contributed by atoms with Gasteiger partial charge in [-0.2, -0.15) is 0 Å². The van der Waals surface area contributed by atoms with Crippen molar-refractivity contribution in [1.29, 1.82) is 0 Å². The number of carbonyl (C=O) groups is 5. The number of hydrogen-bond acceptors (Lipinski definition) is 8. The zero-order valence-corrected chi connectivity index (χ0v) is 34.9. The Morgan fingerprint density at radius 1 is 0.907 bits per heavy atom. The summed E-state index contributed by atoms with van der Waals surface area (Å²) in [5.41, 5.74) is -2.42. The van der Waals surface area contributed by atoms with Crippen LogP contribution in [0.5, 0.6) is 0 Å². The number of ketones is 2. The molecule has 2 aliphatic heterocycles.